The molecule has 0 aliphatic carbocycles. The number of nitrogens with two attached hydrogens (primary N) is 1. The number of aromatic nitrogens is 3. The third kappa shape index (κ3) is 3.86. The molecular weight excluding hydrogens is 218 g/mol. The fourth-order valence-corrected chi connectivity index (χ4v) is 1.50. The molecule has 8 heteroatoms. The molecule has 1 aromatic rings. The van der Waals surface area contributed by atoms with Gasteiger partial charge in [-0.05, 0) is 0 Å². The molecule has 15 heavy (non-hydrogen) atoms. The van der Waals surface area contributed by atoms with Gasteiger partial charge in [-0.15, -0.1) is 0 Å². The Hall–Kier alpha value is -1.12. The molecule has 1 aromatic heterocycles. The number of anilines is 1. The normalized spacial score (nSPS) is 10.1. The fraction of sp³-hybridized carbons (Fsp3) is 0.571. The molecule has 7 nitrogen and oxygen atoms in total. The Labute approximate surface area is 91.8 Å². The van der Waals surface area contributed by atoms with Gasteiger partial charge in [0.1, 0.15) is 0 Å². The molecule has 1 rings (SSSR count). The molecule has 0 saturated heterocycles. The summed E-state index contributed by atoms with van der Waals surface area (Å²) >= 11 is 1.44. The predicted molar refractivity (Wildman–Crippen MR) is 56.8 cm³/mol. The number of hydrogen-bond acceptors (Lipinski definition) is 8. The van der Waals surface area contributed by atoms with Gasteiger partial charge in [0.2, 0.25) is 5.95 Å². The first-order valence-electron chi connectivity index (χ1n) is 4.18. The Morgan fingerprint density at radius 2 is 2.13 bits per heavy atom. The van der Waals surface area contributed by atoms with Gasteiger partial charge >= 0.3 is 6.01 Å². The SMILES string of the molecule is COCCSc1nc(NN)nc(OC)n1. The lowest BCUT2D eigenvalue weighted by molar-refractivity contribution is 0.218. The minimum atomic E-state index is 0.234. The Bertz CT molecular complexity index is 289. The molecule has 0 atom stereocenters. The summed E-state index contributed by atoms with van der Waals surface area (Å²) < 4.78 is 9.81. The Morgan fingerprint density at radius 1 is 1.33 bits per heavy atom. The van der Waals surface area contributed by atoms with E-state index in [2.05, 4.69) is 20.4 Å². The zero-order valence-corrected chi connectivity index (χ0v) is 9.37. The van der Waals surface area contributed by atoms with Crippen LogP contribution >= 0.6 is 11.8 Å². The van der Waals surface area contributed by atoms with Crippen LogP contribution in [-0.2, 0) is 4.74 Å². The predicted octanol–water partition coefficient (Wildman–Crippen LogP) is -0.0957. The zero-order valence-electron chi connectivity index (χ0n) is 8.56. The van der Waals surface area contributed by atoms with Gasteiger partial charge in [-0.25, -0.2) is 5.84 Å². The van der Waals surface area contributed by atoms with Gasteiger partial charge in [0.15, 0.2) is 5.16 Å². The second-order valence-electron chi connectivity index (χ2n) is 2.41. The van der Waals surface area contributed by atoms with Crippen LogP contribution in [0.4, 0.5) is 5.95 Å². The lowest BCUT2D eigenvalue weighted by Crippen LogP contribution is -2.12. The highest BCUT2D eigenvalue weighted by Crippen LogP contribution is 2.16. The van der Waals surface area contributed by atoms with Crippen LogP contribution in [0.3, 0.4) is 0 Å². The first kappa shape index (κ1) is 12.0. The van der Waals surface area contributed by atoms with Crippen LogP contribution in [0.2, 0.25) is 0 Å². The fourth-order valence-electron chi connectivity index (χ4n) is 0.775. The van der Waals surface area contributed by atoms with E-state index in [-0.39, 0.29) is 12.0 Å². The molecule has 0 saturated carbocycles. The van der Waals surface area contributed by atoms with Crippen molar-refractivity contribution in [1.82, 2.24) is 15.0 Å². The minimum absolute atomic E-state index is 0.234. The number of rotatable bonds is 6. The number of nitrogen functional groups attached to an aromatic ring is 1. The van der Waals surface area contributed by atoms with E-state index in [4.69, 9.17) is 15.3 Å². The molecule has 1 heterocycles. The van der Waals surface area contributed by atoms with Crippen molar-refractivity contribution < 1.29 is 9.47 Å². The summed E-state index contributed by atoms with van der Waals surface area (Å²) in [4.78, 5) is 12.0. The number of thioether (sulfide) groups is 1. The summed E-state index contributed by atoms with van der Waals surface area (Å²) in [6.07, 6.45) is 0. The number of ether oxygens (including phenoxy) is 2. The second-order valence-corrected chi connectivity index (χ2v) is 3.48. The van der Waals surface area contributed by atoms with Gasteiger partial charge < -0.3 is 9.47 Å². The molecule has 84 valence electrons. The summed E-state index contributed by atoms with van der Waals surface area (Å²) in [6, 6.07) is 0.234. The third-order valence-corrected chi connectivity index (χ3v) is 2.24. The molecule has 0 radical (unpaired) electrons. The molecule has 0 spiro atoms. The van der Waals surface area contributed by atoms with Gasteiger partial charge in [0.05, 0.1) is 13.7 Å². The van der Waals surface area contributed by atoms with E-state index in [0.29, 0.717) is 11.8 Å². The largest absolute Gasteiger partial charge is 0.467 e. The van der Waals surface area contributed by atoms with Crippen molar-refractivity contribution in [1.29, 1.82) is 0 Å². The van der Waals surface area contributed by atoms with E-state index in [1.807, 2.05) is 0 Å². The summed E-state index contributed by atoms with van der Waals surface area (Å²) in [5.41, 5.74) is 2.35. The van der Waals surface area contributed by atoms with Crippen LogP contribution in [0.25, 0.3) is 0 Å². The third-order valence-electron chi connectivity index (χ3n) is 1.42. The monoisotopic (exact) mass is 231 g/mol. The maximum absolute atomic E-state index is 5.20. The second kappa shape index (κ2) is 6.38. The van der Waals surface area contributed by atoms with Crippen LogP contribution in [0.1, 0.15) is 0 Å². The van der Waals surface area contributed by atoms with Gasteiger partial charge in [0.25, 0.3) is 0 Å². The Kier molecular flexibility index (Phi) is 5.08. The molecule has 3 N–H and O–H groups in total. The molecule has 0 fully saturated rings. The summed E-state index contributed by atoms with van der Waals surface area (Å²) in [5.74, 6) is 6.24. The van der Waals surface area contributed by atoms with Gasteiger partial charge in [-0.3, -0.25) is 5.43 Å². The van der Waals surface area contributed by atoms with E-state index in [1.165, 1.54) is 18.9 Å². The van der Waals surface area contributed by atoms with Crippen LogP contribution < -0.4 is 16.0 Å². The van der Waals surface area contributed by atoms with Crippen LogP contribution in [0.5, 0.6) is 6.01 Å². The molecule has 0 amide bonds. The van der Waals surface area contributed by atoms with Crippen molar-refractivity contribution in [2.75, 3.05) is 32.0 Å². The van der Waals surface area contributed by atoms with E-state index in [1.54, 1.807) is 7.11 Å². The molecular formula is C7H13N5O2S. The van der Waals surface area contributed by atoms with E-state index in [9.17, 15) is 0 Å². The molecule has 0 bridgehead atoms. The van der Waals surface area contributed by atoms with E-state index in [0.717, 1.165) is 5.75 Å². The number of hydrazine groups is 1. The summed E-state index contributed by atoms with van der Waals surface area (Å²) in [6.45, 7) is 0.629. The number of hydrogen-bond donors (Lipinski definition) is 2. The van der Waals surface area contributed by atoms with Gasteiger partial charge in [-0.2, -0.15) is 15.0 Å². The quantitative estimate of drug-likeness (QED) is 0.303. The molecule has 0 unspecified atom stereocenters. The average Bonchev–Trinajstić information content (AvgIpc) is 2.29. The standard InChI is InChI=1S/C7H13N5O2S/c1-13-3-4-15-7-10-5(12-8)9-6(11-7)14-2/h3-4,8H2,1-2H3,(H,9,10,11,12). The van der Waals surface area contributed by atoms with Gasteiger partial charge in [0, 0.05) is 12.9 Å². The number of nitrogens with zero attached hydrogens (tertiary/aromatic N) is 3. The Balaban J connectivity index is 2.68. The smallest absolute Gasteiger partial charge is 0.321 e. The maximum Gasteiger partial charge on any atom is 0.321 e. The zero-order chi connectivity index (χ0) is 11.1. The first-order chi connectivity index (χ1) is 7.30. The van der Waals surface area contributed by atoms with E-state index >= 15 is 0 Å². The summed E-state index contributed by atoms with van der Waals surface area (Å²) in [5, 5.41) is 0.548. The molecule has 0 aliphatic heterocycles. The van der Waals surface area contributed by atoms with Crippen LogP contribution in [0.15, 0.2) is 5.16 Å². The minimum Gasteiger partial charge on any atom is -0.467 e. The highest BCUT2D eigenvalue weighted by molar-refractivity contribution is 7.99. The topological polar surface area (TPSA) is 95.2 Å². The van der Waals surface area contributed by atoms with Gasteiger partial charge in [-0.1, -0.05) is 11.8 Å². The Morgan fingerprint density at radius 3 is 2.73 bits per heavy atom. The highest BCUT2D eigenvalue weighted by Gasteiger charge is 2.05. The van der Waals surface area contributed by atoms with Crippen LogP contribution in [0, 0.1) is 0 Å². The molecule has 0 aromatic carbocycles. The number of nitrogens with one attached hydrogen (secondary N) is 1. The van der Waals surface area contributed by atoms with E-state index < -0.39 is 0 Å². The van der Waals surface area contributed by atoms with Crippen molar-refractivity contribution in [3.8, 4) is 6.01 Å². The van der Waals surface area contributed by atoms with Crippen molar-refractivity contribution in [2.24, 2.45) is 5.84 Å². The van der Waals surface area contributed by atoms with Crippen molar-refractivity contribution in [2.45, 2.75) is 5.16 Å². The van der Waals surface area contributed by atoms with Crippen molar-refractivity contribution >= 4 is 17.7 Å². The summed E-state index contributed by atoms with van der Waals surface area (Å²) in [7, 11) is 3.13. The first-order valence-corrected chi connectivity index (χ1v) is 5.17. The highest BCUT2D eigenvalue weighted by atomic mass is 32.2. The van der Waals surface area contributed by atoms with Crippen molar-refractivity contribution in [3.63, 3.8) is 0 Å². The number of methoxy groups -OCH3 is 2. The molecule has 0 aliphatic rings. The van der Waals surface area contributed by atoms with Crippen LogP contribution in [-0.4, -0.2) is 41.5 Å². The van der Waals surface area contributed by atoms with Crippen molar-refractivity contribution in [3.05, 3.63) is 0 Å². The lowest BCUT2D eigenvalue weighted by Gasteiger charge is -2.04. The maximum atomic E-state index is 5.20. The lowest BCUT2D eigenvalue weighted by atomic mass is 10.9. The average molecular weight is 231 g/mol.